The second kappa shape index (κ2) is 7.99. The fraction of sp³-hybridized carbons (Fsp3) is 0.533. The lowest BCUT2D eigenvalue weighted by atomic mass is 10.3. The summed E-state index contributed by atoms with van der Waals surface area (Å²) < 4.78 is 7.32. The summed E-state index contributed by atoms with van der Waals surface area (Å²) in [6, 6.07) is 5.80. The van der Waals surface area contributed by atoms with Crippen LogP contribution in [0.15, 0.2) is 18.2 Å². The largest absolute Gasteiger partial charge is 0.383 e. The monoisotopic (exact) mass is 329 g/mol. The van der Waals surface area contributed by atoms with Crippen molar-refractivity contribution in [2.45, 2.75) is 13.0 Å². The maximum Gasteiger partial charge on any atom is 0.111 e. The van der Waals surface area contributed by atoms with Gasteiger partial charge in [-0.2, -0.15) is 0 Å². The van der Waals surface area contributed by atoms with Gasteiger partial charge in [-0.15, -0.1) is 11.6 Å². The molecular weight excluding hydrogens is 309 g/mol. The molecule has 0 amide bonds. The van der Waals surface area contributed by atoms with Crippen LogP contribution in [-0.4, -0.2) is 54.2 Å². The molecule has 0 aliphatic heterocycles. The predicted molar refractivity (Wildman–Crippen MR) is 88.5 cm³/mol. The highest BCUT2D eigenvalue weighted by atomic mass is 35.5. The molecule has 0 fully saturated rings. The van der Waals surface area contributed by atoms with Crippen molar-refractivity contribution in [3.8, 4) is 0 Å². The van der Waals surface area contributed by atoms with Crippen LogP contribution in [0.2, 0.25) is 5.02 Å². The molecule has 1 heterocycles. The maximum atomic E-state index is 6.11. The number of benzene rings is 1. The van der Waals surface area contributed by atoms with Crippen LogP contribution in [0.4, 0.5) is 0 Å². The number of ether oxygens (including phenoxy) is 1. The van der Waals surface area contributed by atoms with E-state index in [4.69, 9.17) is 27.9 Å². The van der Waals surface area contributed by atoms with E-state index < -0.39 is 0 Å². The summed E-state index contributed by atoms with van der Waals surface area (Å²) in [4.78, 5) is 6.90. The molecule has 1 aromatic carbocycles. The number of aromatic nitrogens is 2. The Balaban J connectivity index is 2.19. The lowest BCUT2D eigenvalue weighted by Gasteiger charge is -2.17. The molecule has 0 aliphatic carbocycles. The first-order valence-corrected chi connectivity index (χ1v) is 7.95. The van der Waals surface area contributed by atoms with Crippen molar-refractivity contribution >= 4 is 34.2 Å². The number of likely N-dealkylation sites (N-methyl/N-ethyl adjacent to an activating group) is 1. The topological polar surface area (TPSA) is 30.3 Å². The van der Waals surface area contributed by atoms with Gasteiger partial charge in [-0.25, -0.2) is 4.98 Å². The summed E-state index contributed by atoms with van der Waals surface area (Å²) in [6.07, 6.45) is 0.760. The quantitative estimate of drug-likeness (QED) is 0.697. The molecule has 0 atom stereocenters. The lowest BCUT2D eigenvalue weighted by Crippen LogP contribution is -2.27. The fourth-order valence-electron chi connectivity index (χ4n) is 2.30. The Bertz CT molecular complexity index is 586. The van der Waals surface area contributed by atoms with Gasteiger partial charge in [0.1, 0.15) is 5.82 Å². The Morgan fingerprint density at radius 2 is 2.14 bits per heavy atom. The fourth-order valence-corrected chi connectivity index (χ4v) is 2.64. The number of alkyl halides is 1. The van der Waals surface area contributed by atoms with E-state index in [1.165, 1.54) is 0 Å². The number of methoxy groups -OCH3 is 1. The number of hydrogen-bond donors (Lipinski definition) is 0. The Kier molecular flexibility index (Phi) is 6.30. The zero-order valence-corrected chi connectivity index (χ0v) is 14.0. The van der Waals surface area contributed by atoms with Gasteiger partial charge in [-0.1, -0.05) is 11.6 Å². The molecule has 0 aliphatic rings. The first-order valence-electron chi connectivity index (χ1n) is 7.04. The molecule has 0 radical (unpaired) electrons. The van der Waals surface area contributed by atoms with Crippen molar-refractivity contribution in [3.63, 3.8) is 0 Å². The molecular formula is C15H21Cl2N3O. The van der Waals surface area contributed by atoms with Gasteiger partial charge < -0.3 is 14.2 Å². The molecule has 4 nitrogen and oxygen atoms in total. The SMILES string of the molecule is COCCN(C)CCn1c(CCCl)nc2ccc(Cl)cc21. The first-order chi connectivity index (χ1) is 10.2. The van der Waals surface area contributed by atoms with Gasteiger partial charge in [-0.3, -0.25) is 0 Å². The van der Waals surface area contributed by atoms with Gasteiger partial charge in [-0.05, 0) is 25.2 Å². The number of aryl methyl sites for hydroxylation is 1. The molecule has 0 N–H and O–H groups in total. The summed E-state index contributed by atoms with van der Waals surface area (Å²) in [5.41, 5.74) is 2.04. The van der Waals surface area contributed by atoms with Crippen molar-refractivity contribution < 1.29 is 4.74 Å². The lowest BCUT2D eigenvalue weighted by molar-refractivity contribution is 0.159. The Labute approximate surface area is 135 Å². The van der Waals surface area contributed by atoms with Crippen LogP contribution in [0.25, 0.3) is 11.0 Å². The highest BCUT2D eigenvalue weighted by Crippen LogP contribution is 2.21. The van der Waals surface area contributed by atoms with Crippen molar-refractivity contribution in [2.24, 2.45) is 0 Å². The number of rotatable bonds is 8. The maximum absolute atomic E-state index is 6.11. The number of imidazole rings is 1. The van der Waals surface area contributed by atoms with Crippen LogP contribution in [0.1, 0.15) is 5.82 Å². The van der Waals surface area contributed by atoms with Gasteiger partial charge >= 0.3 is 0 Å². The summed E-state index contributed by atoms with van der Waals surface area (Å²) in [5.74, 6) is 1.58. The molecule has 2 aromatic rings. The predicted octanol–water partition coefficient (Wildman–Crippen LogP) is 3.05. The Morgan fingerprint density at radius 1 is 1.33 bits per heavy atom. The van der Waals surface area contributed by atoms with E-state index in [0.29, 0.717) is 5.88 Å². The van der Waals surface area contributed by atoms with E-state index in [0.717, 1.165) is 54.5 Å². The van der Waals surface area contributed by atoms with Crippen molar-refractivity contribution in [1.29, 1.82) is 0 Å². The van der Waals surface area contributed by atoms with E-state index in [1.54, 1.807) is 7.11 Å². The number of hydrogen-bond acceptors (Lipinski definition) is 3. The number of halogens is 2. The van der Waals surface area contributed by atoms with Crippen LogP contribution in [-0.2, 0) is 17.7 Å². The zero-order valence-electron chi connectivity index (χ0n) is 12.5. The highest BCUT2D eigenvalue weighted by molar-refractivity contribution is 6.31. The average molecular weight is 330 g/mol. The molecule has 0 spiro atoms. The molecule has 116 valence electrons. The molecule has 2 rings (SSSR count). The van der Waals surface area contributed by atoms with Crippen LogP contribution in [0.5, 0.6) is 0 Å². The minimum Gasteiger partial charge on any atom is -0.383 e. The molecule has 0 unspecified atom stereocenters. The summed E-state index contributed by atoms with van der Waals surface area (Å²) in [7, 11) is 3.81. The van der Waals surface area contributed by atoms with E-state index in [9.17, 15) is 0 Å². The standard InChI is InChI=1S/C15H21Cl2N3O/c1-19(9-10-21-2)7-8-20-14-11-12(17)3-4-13(14)18-15(20)5-6-16/h3-4,11H,5-10H2,1-2H3. The van der Waals surface area contributed by atoms with Crippen LogP contribution >= 0.6 is 23.2 Å². The first kappa shape index (κ1) is 16.6. The van der Waals surface area contributed by atoms with Gasteiger partial charge in [0, 0.05) is 44.1 Å². The average Bonchev–Trinajstić information content (AvgIpc) is 2.80. The second-order valence-corrected chi connectivity index (χ2v) is 5.86. The summed E-state index contributed by atoms with van der Waals surface area (Å²) in [5, 5.41) is 0.730. The third kappa shape index (κ3) is 4.33. The molecule has 0 saturated heterocycles. The normalized spacial score (nSPS) is 11.7. The summed E-state index contributed by atoms with van der Waals surface area (Å²) in [6.45, 7) is 3.44. The Hall–Kier alpha value is -0.810. The number of nitrogens with zero attached hydrogens (tertiary/aromatic N) is 3. The van der Waals surface area contributed by atoms with Crippen molar-refractivity contribution in [2.75, 3.05) is 39.7 Å². The minimum absolute atomic E-state index is 0.566. The molecule has 1 aromatic heterocycles. The second-order valence-electron chi connectivity index (χ2n) is 5.05. The third-order valence-electron chi connectivity index (χ3n) is 3.49. The van der Waals surface area contributed by atoms with E-state index in [2.05, 4.69) is 21.5 Å². The van der Waals surface area contributed by atoms with Crippen LogP contribution in [0.3, 0.4) is 0 Å². The highest BCUT2D eigenvalue weighted by Gasteiger charge is 2.11. The van der Waals surface area contributed by atoms with Crippen molar-refractivity contribution in [1.82, 2.24) is 14.5 Å². The smallest absolute Gasteiger partial charge is 0.111 e. The molecule has 0 saturated carbocycles. The van der Waals surface area contributed by atoms with Gasteiger partial charge in [0.05, 0.1) is 17.6 Å². The van der Waals surface area contributed by atoms with Crippen LogP contribution in [0, 0.1) is 0 Å². The molecule has 0 bridgehead atoms. The minimum atomic E-state index is 0.566. The van der Waals surface area contributed by atoms with Crippen molar-refractivity contribution in [3.05, 3.63) is 29.0 Å². The summed E-state index contributed by atoms with van der Waals surface area (Å²) >= 11 is 12.0. The van der Waals surface area contributed by atoms with Gasteiger partial charge in [0.25, 0.3) is 0 Å². The van der Waals surface area contributed by atoms with E-state index in [-0.39, 0.29) is 0 Å². The zero-order chi connectivity index (χ0) is 15.2. The third-order valence-corrected chi connectivity index (χ3v) is 3.91. The van der Waals surface area contributed by atoms with Gasteiger partial charge in [0.15, 0.2) is 0 Å². The Morgan fingerprint density at radius 3 is 2.86 bits per heavy atom. The van der Waals surface area contributed by atoms with E-state index >= 15 is 0 Å². The number of fused-ring (bicyclic) bond motifs is 1. The van der Waals surface area contributed by atoms with E-state index in [1.807, 2.05) is 18.2 Å². The van der Waals surface area contributed by atoms with Crippen LogP contribution < -0.4 is 0 Å². The van der Waals surface area contributed by atoms with Gasteiger partial charge in [0.2, 0.25) is 0 Å². The molecule has 21 heavy (non-hydrogen) atoms. The molecule has 6 heteroatoms.